The van der Waals surface area contributed by atoms with Crippen LogP contribution in [0.2, 0.25) is 0 Å². The molecule has 18 heavy (non-hydrogen) atoms. The van der Waals surface area contributed by atoms with Crippen LogP contribution in [0.1, 0.15) is 22.4 Å². The molecule has 0 saturated heterocycles. The quantitative estimate of drug-likeness (QED) is 0.787. The van der Waals surface area contributed by atoms with E-state index >= 15 is 0 Å². The number of pyridine rings is 2. The maximum Gasteiger partial charge on any atom is 0.431 e. The second kappa shape index (κ2) is 3.83. The van der Waals surface area contributed by atoms with Gasteiger partial charge in [-0.25, -0.2) is 0 Å². The molecule has 96 valence electrons. The minimum atomic E-state index is -4.49. The van der Waals surface area contributed by atoms with Crippen molar-refractivity contribution in [2.75, 3.05) is 0 Å². The first kappa shape index (κ1) is 12.6. The Kier molecular flexibility index (Phi) is 2.68. The lowest BCUT2D eigenvalue weighted by Crippen LogP contribution is -2.18. The van der Waals surface area contributed by atoms with Crippen molar-refractivity contribution in [1.82, 2.24) is 9.97 Å². The summed E-state index contributed by atoms with van der Waals surface area (Å²) >= 11 is 0. The van der Waals surface area contributed by atoms with Crippen molar-refractivity contribution in [1.29, 1.82) is 0 Å². The van der Waals surface area contributed by atoms with Gasteiger partial charge in [-0.15, -0.1) is 0 Å². The van der Waals surface area contributed by atoms with E-state index in [-0.39, 0.29) is 11.4 Å². The minimum absolute atomic E-state index is 0.0268. The van der Waals surface area contributed by atoms with E-state index in [0.29, 0.717) is 16.7 Å². The van der Waals surface area contributed by atoms with E-state index in [2.05, 4.69) is 9.97 Å². The van der Waals surface area contributed by atoms with E-state index in [1.165, 1.54) is 6.92 Å². The van der Waals surface area contributed by atoms with Crippen LogP contribution in [-0.2, 0) is 6.18 Å². The number of hydrogen-bond acceptors (Lipinski definition) is 2. The smallest absolute Gasteiger partial charge is 0.335 e. The zero-order chi connectivity index (χ0) is 13.7. The lowest BCUT2D eigenvalue weighted by molar-refractivity contribution is -0.141. The van der Waals surface area contributed by atoms with Gasteiger partial charge in [-0.2, -0.15) is 18.2 Å². The summed E-state index contributed by atoms with van der Waals surface area (Å²) in [4.78, 5) is 17.2. The summed E-state index contributed by atoms with van der Waals surface area (Å²) in [6.45, 7) is 4.57. The molecule has 0 radical (unpaired) electrons. The fourth-order valence-electron chi connectivity index (χ4n) is 1.86. The van der Waals surface area contributed by atoms with Gasteiger partial charge in [0.05, 0.1) is 0 Å². The van der Waals surface area contributed by atoms with Gasteiger partial charge in [0.15, 0.2) is 0 Å². The number of halogens is 3. The number of aromatic amines is 1. The number of fused-ring (bicyclic) bond motifs is 1. The monoisotopic (exact) mass is 256 g/mol. The standard InChI is InChI=1S/C12H11F3N2O/c1-5-4-8-6(2)7(3)9(12(13,14)15)16-10(8)17-11(5)18/h4H,1-3H3,(H,16,17,18). The highest BCUT2D eigenvalue weighted by atomic mass is 19.4. The third-order valence-electron chi connectivity index (χ3n) is 3.04. The maximum atomic E-state index is 12.8. The Morgan fingerprint density at radius 2 is 1.78 bits per heavy atom. The molecule has 0 aromatic heterocycles. The molecule has 2 rings (SSSR count). The van der Waals surface area contributed by atoms with Crippen LogP contribution in [0.3, 0.4) is 0 Å². The number of rotatable bonds is 0. The average Bonchev–Trinajstić information content (AvgIpc) is 2.25. The molecule has 0 fully saturated rings. The molecule has 0 unspecified atom stereocenters. The summed E-state index contributed by atoms with van der Waals surface area (Å²) in [7, 11) is 0. The molecule has 0 bridgehead atoms. The predicted molar refractivity (Wildman–Crippen MR) is 60.7 cm³/mol. The van der Waals surface area contributed by atoms with Gasteiger partial charge in [0, 0.05) is 11.1 Å². The largest absolute Gasteiger partial charge is 0.431 e. The topological polar surface area (TPSA) is 45.8 Å². The van der Waals surface area contributed by atoms with E-state index < -0.39 is 17.4 Å². The highest BCUT2D eigenvalue weighted by Crippen LogP contribution is 2.35. The van der Waals surface area contributed by atoms with Crippen LogP contribution in [0, 0.1) is 20.8 Å². The number of aromatic nitrogens is 2. The zero-order valence-corrected chi connectivity index (χ0v) is 10.1. The lowest BCUT2D eigenvalue weighted by Gasteiger charge is -2.17. The second-order valence-electron chi connectivity index (χ2n) is 4.25. The van der Waals surface area contributed by atoms with Gasteiger partial charge in [0.1, 0.15) is 11.5 Å². The Morgan fingerprint density at radius 1 is 1.17 bits per heavy atom. The van der Waals surface area contributed by atoms with Gasteiger partial charge in [-0.05, 0) is 38.0 Å². The Morgan fingerprint density at radius 3 is 2.33 bits per heavy atom. The lowest BCUT2D eigenvalue weighted by atomic mass is 9.99. The molecular formula is C12H11F3N2O. The van der Waals surface area contributed by atoms with Crippen LogP contribution < -0.4 is 5.56 Å². The third kappa shape index (κ3) is 1.87. The van der Waals surface area contributed by atoms with Crippen molar-refractivity contribution in [2.45, 2.75) is 26.9 Å². The Bertz CT molecular complexity index is 643. The SMILES string of the molecule is Cc1c2cc(C)c(=O)nc-2[nH]c(C(F)(F)F)c1C. The van der Waals surface area contributed by atoms with Gasteiger partial charge in [-0.3, -0.25) is 4.79 Å². The number of nitrogens with zero attached hydrogens (tertiary/aromatic N) is 1. The molecule has 0 aromatic carbocycles. The molecule has 3 nitrogen and oxygen atoms in total. The van der Waals surface area contributed by atoms with Gasteiger partial charge in [-0.1, -0.05) is 0 Å². The highest BCUT2D eigenvalue weighted by molar-refractivity contribution is 5.64. The van der Waals surface area contributed by atoms with E-state index in [1.54, 1.807) is 19.9 Å². The van der Waals surface area contributed by atoms with Crippen molar-refractivity contribution in [2.24, 2.45) is 0 Å². The van der Waals surface area contributed by atoms with Crippen molar-refractivity contribution in [3.8, 4) is 11.4 Å². The molecule has 1 N–H and O–H groups in total. The molecule has 0 aliphatic carbocycles. The average molecular weight is 256 g/mol. The summed E-state index contributed by atoms with van der Waals surface area (Å²) < 4.78 is 38.4. The zero-order valence-electron chi connectivity index (χ0n) is 10.1. The molecule has 2 aliphatic heterocycles. The van der Waals surface area contributed by atoms with Gasteiger partial charge in [0.25, 0.3) is 5.56 Å². The summed E-state index contributed by atoms with van der Waals surface area (Å²) in [6.07, 6.45) is -4.49. The van der Waals surface area contributed by atoms with Gasteiger partial charge >= 0.3 is 6.18 Å². The molecule has 0 spiro atoms. The molecule has 6 heteroatoms. The number of alkyl halides is 3. The second-order valence-corrected chi connectivity index (χ2v) is 4.25. The number of H-pyrrole nitrogens is 1. The van der Waals surface area contributed by atoms with E-state index in [1.807, 2.05) is 0 Å². The molecule has 0 saturated carbocycles. The fourth-order valence-corrected chi connectivity index (χ4v) is 1.86. The first-order chi connectivity index (χ1) is 8.21. The fraction of sp³-hybridized carbons (Fsp3) is 0.333. The Hall–Kier alpha value is -1.85. The maximum absolute atomic E-state index is 12.8. The Labute approximate surface area is 101 Å². The van der Waals surface area contributed by atoms with Crippen LogP contribution in [-0.4, -0.2) is 9.97 Å². The van der Waals surface area contributed by atoms with Crippen molar-refractivity contribution < 1.29 is 13.2 Å². The summed E-state index contributed by atoms with van der Waals surface area (Å²) in [5, 5.41) is 0. The van der Waals surface area contributed by atoms with Gasteiger partial charge in [0.2, 0.25) is 0 Å². The van der Waals surface area contributed by atoms with Crippen molar-refractivity contribution >= 4 is 0 Å². The number of nitrogens with one attached hydrogen (secondary N) is 1. The number of aryl methyl sites for hydroxylation is 1. The van der Waals surface area contributed by atoms with Crippen LogP contribution in [0.5, 0.6) is 0 Å². The predicted octanol–water partition coefficient (Wildman–Crippen LogP) is 2.82. The summed E-state index contributed by atoms with van der Waals surface area (Å²) in [5.41, 5.74) is 0.177. The first-order valence-corrected chi connectivity index (χ1v) is 5.30. The molecular weight excluding hydrogens is 245 g/mol. The highest BCUT2D eigenvalue weighted by Gasteiger charge is 2.35. The number of hydrogen-bond donors (Lipinski definition) is 1. The van der Waals surface area contributed by atoms with E-state index in [9.17, 15) is 18.0 Å². The molecule has 2 aliphatic rings. The molecule has 0 amide bonds. The normalized spacial score (nSPS) is 12.1. The van der Waals surface area contributed by atoms with Crippen LogP contribution in [0.4, 0.5) is 13.2 Å². The summed E-state index contributed by atoms with van der Waals surface area (Å²) in [5.74, 6) is -0.0268. The van der Waals surface area contributed by atoms with Crippen LogP contribution in [0.15, 0.2) is 10.9 Å². The summed E-state index contributed by atoms with van der Waals surface area (Å²) in [6, 6.07) is 1.56. The minimum Gasteiger partial charge on any atom is -0.335 e. The molecule has 0 atom stereocenters. The van der Waals surface area contributed by atoms with Crippen LogP contribution in [0.25, 0.3) is 11.4 Å². The van der Waals surface area contributed by atoms with Crippen molar-refractivity contribution in [3.63, 3.8) is 0 Å². The van der Waals surface area contributed by atoms with Crippen LogP contribution >= 0.6 is 0 Å². The van der Waals surface area contributed by atoms with E-state index in [0.717, 1.165) is 0 Å². The third-order valence-corrected chi connectivity index (χ3v) is 3.04. The Balaban J connectivity index is 2.89. The molecule has 2 heterocycles. The van der Waals surface area contributed by atoms with Gasteiger partial charge < -0.3 is 4.98 Å². The van der Waals surface area contributed by atoms with Crippen molar-refractivity contribution in [3.05, 3.63) is 38.8 Å². The first-order valence-electron chi connectivity index (χ1n) is 5.30. The molecule has 0 aromatic rings. The van der Waals surface area contributed by atoms with E-state index in [4.69, 9.17) is 0 Å².